The summed E-state index contributed by atoms with van der Waals surface area (Å²) < 4.78 is 2.14. The molecule has 2 heterocycles. The van der Waals surface area contributed by atoms with E-state index in [1.165, 1.54) is 5.39 Å². The van der Waals surface area contributed by atoms with E-state index in [0.29, 0.717) is 5.56 Å². The van der Waals surface area contributed by atoms with E-state index in [1.807, 2.05) is 65.7 Å². The van der Waals surface area contributed by atoms with Crippen molar-refractivity contribution in [3.05, 3.63) is 114 Å². The van der Waals surface area contributed by atoms with Gasteiger partial charge in [0.25, 0.3) is 5.91 Å². The molecule has 28 heavy (non-hydrogen) atoms. The average Bonchev–Trinajstić information content (AvgIpc) is 3.09. The Morgan fingerprint density at radius 2 is 1.54 bits per heavy atom. The first-order valence-corrected chi connectivity index (χ1v) is 9.43. The smallest absolute Gasteiger partial charge is 0.258 e. The van der Waals surface area contributed by atoms with E-state index in [0.717, 1.165) is 22.2 Å². The summed E-state index contributed by atoms with van der Waals surface area (Å²) in [5.41, 5.74) is 5.29. The highest BCUT2D eigenvalue weighted by Crippen LogP contribution is 2.39. The molecule has 0 spiro atoms. The summed E-state index contributed by atoms with van der Waals surface area (Å²) in [4.78, 5) is 15.3. The molecular weight excluding hydrogens is 344 g/mol. The van der Waals surface area contributed by atoms with Gasteiger partial charge in [-0.05, 0) is 35.4 Å². The van der Waals surface area contributed by atoms with Crippen LogP contribution in [0.3, 0.4) is 0 Å². The van der Waals surface area contributed by atoms with E-state index in [1.54, 1.807) is 0 Å². The third kappa shape index (κ3) is 2.55. The van der Waals surface area contributed by atoms with Gasteiger partial charge < -0.3 is 9.47 Å². The maximum atomic E-state index is 13.4. The summed E-state index contributed by atoms with van der Waals surface area (Å²) in [5.74, 6) is 0.00397. The second kappa shape index (κ2) is 6.54. The van der Waals surface area contributed by atoms with Gasteiger partial charge in [0.2, 0.25) is 0 Å². The zero-order chi connectivity index (χ0) is 19.1. The molecule has 1 amide bonds. The minimum Gasteiger partial charge on any atom is -0.350 e. The van der Waals surface area contributed by atoms with Crippen LogP contribution in [0.5, 0.6) is 0 Å². The van der Waals surface area contributed by atoms with Gasteiger partial charge in [-0.2, -0.15) is 0 Å². The first-order valence-electron chi connectivity index (χ1n) is 9.43. The number of carbonyl (C=O) groups excluding carboxylic acids is 1. The van der Waals surface area contributed by atoms with Crippen molar-refractivity contribution in [2.45, 2.75) is 6.04 Å². The summed E-state index contributed by atoms with van der Waals surface area (Å²) in [6, 6.07) is 26.0. The van der Waals surface area contributed by atoms with Crippen LogP contribution < -0.4 is 0 Å². The Morgan fingerprint density at radius 1 is 0.821 bits per heavy atom. The van der Waals surface area contributed by atoms with Crippen LogP contribution in [0.25, 0.3) is 17.0 Å². The molecule has 1 unspecified atom stereocenters. The van der Waals surface area contributed by atoms with Crippen molar-refractivity contribution in [2.75, 3.05) is 0 Å². The molecule has 0 aliphatic carbocycles. The van der Waals surface area contributed by atoms with Gasteiger partial charge in [0, 0.05) is 41.5 Å². The van der Waals surface area contributed by atoms with Gasteiger partial charge in [-0.15, -0.1) is 0 Å². The molecule has 0 radical (unpaired) electrons. The Balaban J connectivity index is 1.72. The molecule has 136 valence electrons. The summed E-state index contributed by atoms with van der Waals surface area (Å²) in [6.45, 7) is 0. The molecule has 5 rings (SSSR count). The number of aryl methyl sites for hydroxylation is 1. The van der Waals surface area contributed by atoms with Crippen LogP contribution in [0.2, 0.25) is 0 Å². The predicted molar refractivity (Wildman–Crippen MR) is 113 cm³/mol. The van der Waals surface area contributed by atoms with Crippen LogP contribution in [-0.4, -0.2) is 15.4 Å². The number of amides is 1. The Morgan fingerprint density at radius 3 is 2.39 bits per heavy atom. The number of nitrogens with zero attached hydrogens (tertiary/aromatic N) is 2. The molecule has 3 heteroatoms. The summed E-state index contributed by atoms with van der Waals surface area (Å²) in [6.07, 6.45) is 6.10. The largest absolute Gasteiger partial charge is 0.350 e. The fourth-order valence-corrected chi connectivity index (χ4v) is 4.13. The van der Waals surface area contributed by atoms with Gasteiger partial charge in [-0.3, -0.25) is 4.79 Å². The van der Waals surface area contributed by atoms with Crippen molar-refractivity contribution in [1.29, 1.82) is 0 Å². The molecule has 3 aromatic carbocycles. The highest BCUT2D eigenvalue weighted by Gasteiger charge is 2.31. The fraction of sp³-hybridized carbons (Fsp3) is 0.0800. The highest BCUT2D eigenvalue weighted by atomic mass is 16.2. The van der Waals surface area contributed by atoms with E-state index >= 15 is 0 Å². The number of rotatable bonds is 2. The average molecular weight is 364 g/mol. The zero-order valence-corrected chi connectivity index (χ0v) is 15.6. The van der Waals surface area contributed by atoms with E-state index in [9.17, 15) is 4.79 Å². The van der Waals surface area contributed by atoms with Crippen LogP contribution in [0.1, 0.15) is 33.1 Å². The van der Waals surface area contributed by atoms with Gasteiger partial charge in [0.15, 0.2) is 0 Å². The van der Waals surface area contributed by atoms with Gasteiger partial charge >= 0.3 is 0 Å². The maximum absolute atomic E-state index is 13.4. The Bertz CT molecular complexity index is 1200. The van der Waals surface area contributed by atoms with Gasteiger partial charge in [0.1, 0.15) is 0 Å². The van der Waals surface area contributed by atoms with Crippen LogP contribution in [0.4, 0.5) is 0 Å². The molecule has 0 fully saturated rings. The molecule has 1 aliphatic rings. The van der Waals surface area contributed by atoms with Gasteiger partial charge in [-0.1, -0.05) is 60.7 Å². The summed E-state index contributed by atoms with van der Waals surface area (Å²) in [5, 5.41) is 1.17. The molecule has 0 saturated carbocycles. The second-order valence-corrected chi connectivity index (χ2v) is 7.14. The Labute approximate surface area is 164 Å². The SMILES string of the molecule is Cn1cc(C2c3ccccc3C=CN2C(=O)c2ccccc2)c2ccccc21. The standard InChI is InChI=1S/C25H20N2O/c1-26-17-22(21-13-7-8-14-23(21)26)24-20-12-6-5-9-18(20)15-16-27(24)25(28)19-10-3-2-4-11-19/h2-17,24H,1H3. The van der Waals surface area contributed by atoms with Crippen molar-refractivity contribution in [2.24, 2.45) is 7.05 Å². The normalized spacial score (nSPS) is 15.6. The molecule has 3 nitrogen and oxygen atoms in total. The minimum atomic E-state index is -0.167. The number of aromatic nitrogens is 1. The van der Waals surface area contributed by atoms with Crippen molar-refractivity contribution < 1.29 is 4.79 Å². The van der Waals surface area contributed by atoms with Crippen molar-refractivity contribution >= 4 is 22.9 Å². The summed E-state index contributed by atoms with van der Waals surface area (Å²) in [7, 11) is 2.06. The lowest BCUT2D eigenvalue weighted by molar-refractivity contribution is 0.0788. The van der Waals surface area contributed by atoms with Gasteiger partial charge in [-0.25, -0.2) is 0 Å². The van der Waals surface area contributed by atoms with Crippen LogP contribution in [-0.2, 0) is 7.05 Å². The van der Waals surface area contributed by atoms with E-state index in [-0.39, 0.29) is 11.9 Å². The monoisotopic (exact) mass is 364 g/mol. The Kier molecular flexibility index (Phi) is 3.87. The van der Waals surface area contributed by atoms with Crippen molar-refractivity contribution in [3.8, 4) is 0 Å². The number of para-hydroxylation sites is 1. The molecule has 1 atom stereocenters. The lowest BCUT2D eigenvalue weighted by Crippen LogP contribution is -2.33. The van der Waals surface area contributed by atoms with E-state index < -0.39 is 0 Å². The lowest BCUT2D eigenvalue weighted by Gasteiger charge is -2.33. The molecule has 0 saturated heterocycles. The molecule has 1 aliphatic heterocycles. The third-order valence-corrected chi connectivity index (χ3v) is 5.46. The minimum absolute atomic E-state index is 0.00397. The third-order valence-electron chi connectivity index (χ3n) is 5.46. The zero-order valence-electron chi connectivity index (χ0n) is 15.6. The number of benzene rings is 3. The molecule has 0 N–H and O–H groups in total. The lowest BCUT2D eigenvalue weighted by atomic mass is 9.90. The molecule has 0 bridgehead atoms. The second-order valence-electron chi connectivity index (χ2n) is 7.14. The molecule has 1 aromatic heterocycles. The van der Waals surface area contributed by atoms with Gasteiger partial charge in [0.05, 0.1) is 6.04 Å². The number of fused-ring (bicyclic) bond motifs is 2. The molecule has 4 aromatic rings. The quantitative estimate of drug-likeness (QED) is 0.468. The van der Waals surface area contributed by atoms with Crippen molar-refractivity contribution in [1.82, 2.24) is 9.47 Å². The molecular formula is C25H20N2O. The number of hydrogen-bond donors (Lipinski definition) is 0. The van der Waals surface area contributed by atoms with E-state index in [2.05, 4.69) is 48.1 Å². The highest BCUT2D eigenvalue weighted by molar-refractivity contribution is 5.97. The predicted octanol–water partition coefficient (Wildman–Crippen LogP) is 5.39. The van der Waals surface area contributed by atoms with Crippen LogP contribution >= 0.6 is 0 Å². The number of carbonyl (C=O) groups is 1. The topological polar surface area (TPSA) is 25.2 Å². The van der Waals surface area contributed by atoms with E-state index in [4.69, 9.17) is 0 Å². The fourth-order valence-electron chi connectivity index (χ4n) is 4.13. The number of hydrogen-bond acceptors (Lipinski definition) is 1. The van der Waals surface area contributed by atoms with Crippen LogP contribution in [0, 0.1) is 0 Å². The first kappa shape index (κ1) is 16.6. The Hall–Kier alpha value is -3.59. The maximum Gasteiger partial charge on any atom is 0.258 e. The van der Waals surface area contributed by atoms with Crippen LogP contribution in [0.15, 0.2) is 91.3 Å². The first-order chi connectivity index (χ1) is 13.7. The summed E-state index contributed by atoms with van der Waals surface area (Å²) >= 11 is 0. The van der Waals surface area contributed by atoms with Crippen molar-refractivity contribution in [3.63, 3.8) is 0 Å².